The smallest absolute Gasteiger partial charge is 0.256 e. The number of halogens is 1. The summed E-state index contributed by atoms with van der Waals surface area (Å²) in [6.45, 7) is 2.96. The van der Waals surface area contributed by atoms with Gasteiger partial charge in [0.05, 0.1) is 5.56 Å². The summed E-state index contributed by atoms with van der Waals surface area (Å²) in [5.41, 5.74) is 0.655. The van der Waals surface area contributed by atoms with Gasteiger partial charge in [-0.2, -0.15) is 0 Å². The number of nitrogens with zero attached hydrogens (tertiary/aromatic N) is 2. The zero-order valence-corrected chi connectivity index (χ0v) is 13.6. The summed E-state index contributed by atoms with van der Waals surface area (Å²) in [7, 11) is 0. The summed E-state index contributed by atoms with van der Waals surface area (Å²) in [5, 5.41) is 0. The van der Waals surface area contributed by atoms with Gasteiger partial charge >= 0.3 is 0 Å². The van der Waals surface area contributed by atoms with Crippen LogP contribution in [0.5, 0.6) is 0 Å². The molecule has 1 N–H and O–H groups in total. The third kappa shape index (κ3) is 3.37. The van der Waals surface area contributed by atoms with Crippen LogP contribution in [0.1, 0.15) is 47.6 Å². The van der Waals surface area contributed by atoms with Gasteiger partial charge in [0.15, 0.2) is 0 Å². The highest BCUT2D eigenvalue weighted by Crippen LogP contribution is 2.25. The van der Waals surface area contributed by atoms with E-state index >= 15 is 0 Å². The molecule has 0 radical (unpaired) electrons. The first kappa shape index (κ1) is 16.4. The zero-order valence-electron chi connectivity index (χ0n) is 13.6. The van der Waals surface area contributed by atoms with E-state index in [1.54, 1.807) is 17.0 Å². The molecule has 2 aromatic rings. The van der Waals surface area contributed by atoms with Gasteiger partial charge in [-0.1, -0.05) is 19.1 Å². The van der Waals surface area contributed by atoms with E-state index in [9.17, 15) is 14.0 Å². The van der Waals surface area contributed by atoms with Crippen LogP contribution in [0.4, 0.5) is 4.39 Å². The molecule has 2 heterocycles. The fraction of sp³-hybridized carbons (Fsp3) is 0.389. The number of hydrogen-bond acceptors (Lipinski definition) is 3. The highest BCUT2D eigenvalue weighted by Gasteiger charge is 2.28. The Morgan fingerprint density at radius 2 is 2.21 bits per heavy atom. The lowest BCUT2D eigenvalue weighted by Gasteiger charge is -2.32. The van der Waals surface area contributed by atoms with Gasteiger partial charge in [-0.3, -0.25) is 9.59 Å². The molecule has 5 nitrogen and oxygen atoms in total. The highest BCUT2D eigenvalue weighted by molar-refractivity contribution is 5.94. The molecule has 1 fully saturated rings. The van der Waals surface area contributed by atoms with Gasteiger partial charge in [-0.05, 0) is 31.4 Å². The molecule has 3 rings (SSSR count). The van der Waals surface area contributed by atoms with Gasteiger partial charge in [0, 0.05) is 30.8 Å². The average Bonchev–Trinajstić information content (AvgIpc) is 2.61. The third-order valence-corrected chi connectivity index (χ3v) is 4.37. The summed E-state index contributed by atoms with van der Waals surface area (Å²) in [6, 6.07) is 7.50. The molecule has 1 saturated heterocycles. The number of carbonyl (C=O) groups excluding carboxylic acids is 1. The van der Waals surface area contributed by atoms with Crippen LogP contribution < -0.4 is 5.56 Å². The Labute approximate surface area is 139 Å². The van der Waals surface area contributed by atoms with E-state index in [0.29, 0.717) is 25.3 Å². The molecule has 6 heteroatoms. The Morgan fingerprint density at radius 1 is 1.42 bits per heavy atom. The third-order valence-electron chi connectivity index (χ3n) is 4.37. The molecule has 1 aromatic carbocycles. The molecule has 126 valence electrons. The van der Waals surface area contributed by atoms with Gasteiger partial charge in [0.25, 0.3) is 11.5 Å². The average molecular weight is 329 g/mol. The van der Waals surface area contributed by atoms with Gasteiger partial charge in [-0.15, -0.1) is 0 Å². The van der Waals surface area contributed by atoms with E-state index in [1.165, 1.54) is 18.2 Å². The van der Waals surface area contributed by atoms with Crippen molar-refractivity contribution >= 4 is 5.91 Å². The molecule has 1 aliphatic rings. The number of amides is 1. The van der Waals surface area contributed by atoms with Crippen molar-refractivity contribution in [1.29, 1.82) is 0 Å². The number of aromatic amines is 1. The van der Waals surface area contributed by atoms with Gasteiger partial charge < -0.3 is 9.88 Å². The quantitative estimate of drug-likeness (QED) is 0.941. The van der Waals surface area contributed by atoms with E-state index < -0.39 is 5.82 Å². The van der Waals surface area contributed by atoms with Crippen molar-refractivity contribution in [3.05, 3.63) is 63.6 Å². The fourth-order valence-electron chi connectivity index (χ4n) is 3.09. The summed E-state index contributed by atoms with van der Waals surface area (Å²) in [4.78, 5) is 33.3. The lowest BCUT2D eigenvalue weighted by atomic mass is 9.96. The Balaban J connectivity index is 1.82. The molecule has 0 saturated carbocycles. The van der Waals surface area contributed by atoms with Gasteiger partial charge in [0.2, 0.25) is 0 Å². The van der Waals surface area contributed by atoms with Crippen LogP contribution in [0, 0.1) is 5.82 Å². The normalized spacial score (nSPS) is 17.8. The second-order valence-electron chi connectivity index (χ2n) is 6.05. The Bertz CT molecular complexity index is 803. The van der Waals surface area contributed by atoms with Crippen LogP contribution in [0.25, 0.3) is 0 Å². The minimum atomic E-state index is -0.510. The number of nitrogens with one attached hydrogen (secondary N) is 1. The lowest BCUT2D eigenvalue weighted by Crippen LogP contribution is -2.40. The summed E-state index contributed by atoms with van der Waals surface area (Å²) in [6.07, 6.45) is 2.32. The van der Waals surface area contributed by atoms with E-state index in [1.807, 2.05) is 6.92 Å². The molecule has 1 amide bonds. The maximum atomic E-state index is 13.9. The number of H-pyrrole nitrogens is 1. The van der Waals surface area contributed by atoms with Crippen LogP contribution >= 0.6 is 0 Å². The molecule has 0 aliphatic carbocycles. The van der Waals surface area contributed by atoms with Crippen LogP contribution in [-0.2, 0) is 6.42 Å². The molecule has 1 unspecified atom stereocenters. The molecule has 1 atom stereocenters. The van der Waals surface area contributed by atoms with Gasteiger partial charge in [-0.25, -0.2) is 9.37 Å². The van der Waals surface area contributed by atoms with Crippen molar-refractivity contribution in [1.82, 2.24) is 14.9 Å². The predicted molar refractivity (Wildman–Crippen MR) is 88.5 cm³/mol. The number of aryl methyl sites for hydroxylation is 1. The SMILES string of the molecule is CCc1cc(=O)[nH]c(C2CCCN(C(=O)c3ccccc3F)C2)n1. The predicted octanol–water partition coefficient (Wildman–Crippen LogP) is 2.49. The van der Waals surface area contributed by atoms with Crippen molar-refractivity contribution < 1.29 is 9.18 Å². The second-order valence-corrected chi connectivity index (χ2v) is 6.05. The molecule has 1 aliphatic heterocycles. The van der Waals surface area contributed by atoms with Crippen LogP contribution in [-0.4, -0.2) is 33.9 Å². The molecule has 0 spiro atoms. The first-order valence-electron chi connectivity index (χ1n) is 8.22. The molecule has 24 heavy (non-hydrogen) atoms. The van der Waals surface area contributed by atoms with Gasteiger partial charge in [0.1, 0.15) is 11.6 Å². The minimum absolute atomic E-state index is 0.0336. The number of rotatable bonds is 3. The lowest BCUT2D eigenvalue weighted by molar-refractivity contribution is 0.0699. The number of aromatic nitrogens is 2. The summed E-state index contributed by atoms with van der Waals surface area (Å²) in [5.74, 6) is -0.241. The van der Waals surface area contributed by atoms with Crippen LogP contribution in [0.2, 0.25) is 0 Å². The van der Waals surface area contributed by atoms with Crippen molar-refractivity contribution in [2.24, 2.45) is 0 Å². The summed E-state index contributed by atoms with van der Waals surface area (Å²) >= 11 is 0. The van der Waals surface area contributed by atoms with Crippen LogP contribution in [0.15, 0.2) is 35.1 Å². The number of likely N-dealkylation sites (tertiary alicyclic amines) is 1. The molecule has 1 aromatic heterocycles. The van der Waals surface area contributed by atoms with Crippen LogP contribution in [0.3, 0.4) is 0 Å². The van der Waals surface area contributed by atoms with E-state index in [-0.39, 0.29) is 22.9 Å². The standard InChI is InChI=1S/C18H20FN3O2/c1-2-13-10-16(23)21-17(20-13)12-6-5-9-22(11-12)18(24)14-7-3-4-8-15(14)19/h3-4,7-8,10,12H,2,5-6,9,11H2,1H3,(H,20,21,23). The Kier molecular flexibility index (Phi) is 4.74. The number of benzene rings is 1. The summed E-state index contributed by atoms with van der Waals surface area (Å²) < 4.78 is 13.9. The topological polar surface area (TPSA) is 66.1 Å². The monoisotopic (exact) mass is 329 g/mol. The molecular formula is C18H20FN3O2. The first-order valence-corrected chi connectivity index (χ1v) is 8.22. The maximum absolute atomic E-state index is 13.9. The fourth-order valence-corrected chi connectivity index (χ4v) is 3.09. The zero-order chi connectivity index (χ0) is 17.1. The van der Waals surface area contributed by atoms with Crippen molar-refractivity contribution in [2.75, 3.05) is 13.1 Å². The maximum Gasteiger partial charge on any atom is 0.256 e. The minimum Gasteiger partial charge on any atom is -0.338 e. The highest BCUT2D eigenvalue weighted by atomic mass is 19.1. The largest absolute Gasteiger partial charge is 0.338 e. The molecular weight excluding hydrogens is 309 g/mol. The van der Waals surface area contributed by atoms with Crippen molar-refractivity contribution in [3.63, 3.8) is 0 Å². The molecule has 0 bridgehead atoms. The first-order chi connectivity index (χ1) is 11.6. The van der Waals surface area contributed by atoms with E-state index in [2.05, 4.69) is 9.97 Å². The Morgan fingerprint density at radius 3 is 2.96 bits per heavy atom. The number of piperidine rings is 1. The van der Waals surface area contributed by atoms with E-state index in [0.717, 1.165) is 18.5 Å². The van der Waals surface area contributed by atoms with Crippen molar-refractivity contribution in [2.45, 2.75) is 32.1 Å². The number of hydrogen-bond donors (Lipinski definition) is 1. The Hall–Kier alpha value is -2.50. The second kappa shape index (κ2) is 6.95. The number of carbonyl (C=O) groups is 1. The van der Waals surface area contributed by atoms with E-state index in [4.69, 9.17) is 0 Å². The van der Waals surface area contributed by atoms with Crippen molar-refractivity contribution in [3.8, 4) is 0 Å².